The van der Waals surface area contributed by atoms with Crippen LogP contribution in [0.1, 0.15) is 23.1 Å². The summed E-state index contributed by atoms with van der Waals surface area (Å²) in [5.41, 5.74) is 1.91. The van der Waals surface area contributed by atoms with E-state index in [9.17, 15) is 4.79 Å². The summed E-state index contributed by atoms with van der Waals surface area (Å²) in [6.07, 6.45) is 1.86. The first kappa shape index (κ1) is 11.1. The second-order valence-electron chi connectivity index (χ2n) is 3.41. The van der Waals surface area contributed by atoms with Gasteiger partial charge in [0.25, 0.3) is 0 Å². The minimum Gasteiger partial charge on any atom is -0.460 e. The minimum atomic E-state index is -0.409. The van der Waals surface area contributed by atoms with Crippen LogP contribution in [-0.2, 0) is 4.74 Å². The van der Waals surface area contributed by atoms with E-state index in [-0.39, 0.29) is 0 Å². The highest BCUT2D eigenvalue weighted by Crippen LogP contribution is 2.20. The quantitative estimate of drug-likeness (QED) is 0.796. The lowest BCUT2D eigenvalue weighted by atomic mass is 10.3. The van der Waals surface area contributed by atoms with Crippen molar-refractivity contribution in [2.24, 2.45) is 0 Å². The number of nitrogens with zero attached hydrogens (tertiary/aromatic N) is 2. The molecule has 0 aliphatic carbocycles. The van der Waals surface area contributed by atoms with Crippen molar-refractivity contribution in [3.63, 3.8) is 0 Å². The van der Waals surface area contributed by atoms with Gasteiger partial charge in [0.1, 0.15) is 4.60 Å². The molecule has 0 saturated carbocycles. The Bertz CT molecular complexity index is 548. The molecule has 5 heteroatoms. The Kier molecular flexibility index (Phi) is 2.96. The van der Waals surface area contributed by atoms with Crippen LogP contribution in [0.3, 0.4) is 0 Å². The maximum atomic E-state index is 11.7. The Morgan fingerprint density at radius 2 is 2.31 bits per heavy atom. The van der Waals surface area contributed by atoms with Crippen LogP contribution in [0.25, 0.3) is 5.52 Å². The number of aromatic nitrogens is 2. The van der Waals surface area contributed by atoms with Gasteiger partial charge in [-0.2, -0.15) is 0 Å². The Morgan fingerprint density at radius 3 is 3.00 bits per heavy atom. The maximum absolute atomic E-state index is 11.7. The van der Waals surface area contributed by atoms with Crippen LogP contribution < -0.4 is 0 Å². The van der Waals surface area contributed by atoms with Gasteiger partial charge in [-0.1, -0.05) is 6.07 Å². The molecule has 84 valence electrons. The molecule has 0 atom stereocenters. The van der Waals surface area contributed by atoms with E-state index in [1.54, 1.807) is 11.3 Å². The number of hydrogen-bond acceptors (Lipinski definition) is 3. The summed E-state index contributed by atoms with van der Waals surface area (Å²) in [5.74, 6) is -0.110. The average Bonchev–Trinajstić information content (AvgIpc) is 2.56. The largest absolute Gasteiger partial charge is 0.460 e. The van der Waals surface area contributed by atoms with Crippen molar-refractivity contribution < 1.29 is 9.53 Å². The van der Waals surface area contributed by atoms with Crippen LogP contribution in [0.4, 0.5) is 0 Å². The number of imidazole rings is 1. The number of rotatable bonds is 2. The molecular weight excluding hydrogens is 272 g/mol. The van der Waals surface area contributed by atoms with Crippen molar-refractivity contribution in [1.82, 2.24) is 9.38 Å². The maximum Gasteiger partial charge on any atom is 0.374 e. The van der Waals surface area contributed by atoms with E-state index in [4.69, 9.17) is 4.74 Å². The lowest BCUT2D eigenvalue weighted by Crippen LogP contribution is -2.09. The summed E-state index contributed by atoms with van der Waals surface area (Å²) in [7, 11) is 0. The Labute approximate surface area is 101 Å². The minimum absolute atomic E-state index is 0.299. The third-order valence-corrected chi connectivity index (χ3v) is 2.78. The normalized spacial score (nSPS) is 10.7. The van der Waals surface area contributed by atoms with Crippen LogP contribution in [0.2, 0.25) is 0 Å². The van der Waals surface area contributed by atoms with E-state index in [1.807, 2.05) is 25.3 Å². The molecule has 0 spiro atoms. The van der Waals surface area contributed by atoms with Gasteiger partial charge >= 0.3 is 5.97 Å². The van der Waals surface area contributed by atoms with Gasteiger partial charge in [0.05, 0.1) is 12.1 Å². The van der Waals surface area contributed by atoms with E-state index in [0.29, 0.717) is 17.0 Å². The molecule has 0 aromatic carbocycles. The summed E-state index contributed by atoms with van der Waals surface area (Å²) in [6, 6.07) is 3.88. The second-order valence-corrected chi connectivity index (χ2v) is 4.16. The monoisotopic (exact) mass is 282 g/mol. The van der Waals surface area contributed by atoms with Crippen molar-refractivity contribution in [3.05, 3.63) is 34.3 Å². The lowest BCUT2D eigenvalue weighted by Gasteiger charge is -2.01. The Hall–Kier alpha value is -1.36. The average molecular weight is 283 g/mol. The Balaban J connectivity index is 2.61. The molecule has 2 rings (SSSR count). The molecule has 0 aliphatic heterocycles. The van der Waals surface area contributed by atoms with Gasteiger partial charge in [-0.15, -0.1) is 0 Å². The zero-order valence-electron chi connectivity index (χ0n) is 9.03. The predicted molar refractivity (Wildman–Crippen MR) is 63.6 cm³/mol. The molecule has 0 aliphatic rings. The number of carbonyl (C=O) groups excluding carboxylic acids is 1. The molecule has 2 aromatic heterocycles. The smallest absolute Gasteiger partial charge is 0.374 e. The lowest BCUT2D eigenvalue weighted by molar-refractivity contribution is 0.0511. The van der Waals surface area contributed by atoms with Crippen molar-refractivity contribution in [3.8, 4) is 0 Å². The predicted octanol–water partition coefficient (Wildman–Crippen LogP) is 2.58. The van der Waals surface area contributed by atoms with Crippen LogP contribution in [0.5, 0.6) is 0 Å². The molecule has 0 fully saturated rings. The highest BCUT2D eigenvalue weighted by molar-refractivity contribution is 9.10. The van der Waals surface area contributed by atoms with Crippen molar-refractivity contribution in [1.29, 1.82) is 0 Å². The van der Waals surface area contributed by atoms with Gasteiger partial charge in [-0.05, 0) is 41.4 Å². The summed E-state index contributed by atoms with van der Waals surface area (Å²) in [4.78, 5) is 15.8. The number of fused-ring (bicyclic) bond motifs is 1. The number of ether oxygens (including phenoxy) is 1. The topological polar surface area (TPSA) is 43.6 Å². The van der Waals surface area contributed by atoms with Crippen LogP contribution in [0, 0.1) is 6.92 Å². The van der Waals surface area contributed by atoms with Crippen molar-refractivity contribution in [2.75, 3.05) is 6.61 Å². The number of carbonyl (C=O) groups is 1. The summed E-state index contributed by atoms with van der Waals surface area (Å²) < 4.78 is 7.33. The van der Waals surface area contributed by atoms with Crippen molar-refractivity contribution in [2.45, 2.75) is 13.8 Å². The van der Waals surface area contributed by atoms with Gasteiger partial charge in [-0.3, -0.25) is 4.40 Å². The molecule has 0 saturated heterocycles. The molecule has 0 amide bonds. The van der Waals surface area contributed by atoms with Crippen LogP contribution >= 0.6 is 15.9 Å². The molecule has 2 aromatic rings. The number of halogens is 1. The third-order valence-electron chi connectivity index (χ3n) is 2.20. The summed E-state index contributed by atoms with van der Waals surface area (Å²) in [5, 5.41) is 0. The molecule has 0 unspecified atom stereocenters. The van der Waals surface area contributed by atoms with E-state index in [1.165, 1.54) is 0 Å². The Morgan fingerprint density at radius 1 is 1.56 bits per heavy atom. The van der Waals surface area contributed by atoms with Gasteiger partial charge in [0, 0.05) is 6.20 Å². The van der Waals surface area contributed by atoms with Gasteiger partial charge < -0.3 is 4.74 Å². The first-order chi connectivity index (χ1) is 7.63. The fraction of sp³-hybridized carbons (Fsp3) is 0.273. The zero-order chi connectivity index (χ0) is 11.7. The molecular formula is C11H11BrN2O2. The molecule has 16 heavy (non-hydrogen) atoms. The van der Waals surface area contributed by atoms with Gasteiger partial charge in [0.2, 0.25) is 5.82 Å². The van der Waals surface area contributed by atoms with E-state index in [0.717, 1.165) is 11.1 Å². The standard InChI is InChI=1S/C11H11BrN2O2/c1-3-16-11(15)10-13-9(12)8-5-4-7(2)6-14(8)10/h4-6H,3H2,1-2H3. The number of esters is 1. The first-order valence-corrected chi connectivity index (χ1v) is 5.74. The molecule has 0 radical (unpaired) electrons. The number of hydrogen-bond donors (Lipinski definition) is 0. The highest BCUT2D eigenvalue weighted by Gasteiger charge is 2.16. The molecule has 2 heterocycles. The first-order valence-electron chi connectivity index (χ1n) is 4.94. The van der Waals surface area contributed by atoms with Crippen molar-refractivity contribution >= 4 is 27.4 Å². The summed E-state index contributed by atoms with van der Waals surface area (Å²) in [6.45, 7) is 4.08. The van der Waals surface area contributed by atoms with Gasteiger partial charge in [0.15, 0.2) is 0 Å². The highest BCUT2D eigenvalue weighted by atomic mass is 79.9. The van der Waals surface area contributed by atoms with E-state index < -0.39 is 5.97 Å². The fourth-order valence-electron chi connectivity index (χ4n) is 1.49. The third kappa shape index (κ3) is 1.82. The number of pyridine rings is 1. The van der Waals surface area contributed by atoms with Crippen LogP contribution in [-0.4, -0.2) is 22.0 Å². The molecule has 4 nitrogen and oxygen atoms in total. The van der Waals surface area contributed by atoms with E-state index in [2.05, 4.69) is 20.9 Å². The van der Waals surface area contributed by atoms with E-state index >= 15 is 0 Å². The van der Waals surface area contributed by atoms with Crippen LogP contribution in [0.15, 0.2) is 22.9 Å². The fourth-order valence-corrected chi connectivity index (χ4v) is 1.99. The summed E-state index contributed by atoms with van der Waals surface area (Å²) >= 11 is 3.32. The SMILES string of the molecule is CCOC(=O)c1nc(Br)c2ccc(C)cn12. The molecule has 0 N–H and O–H groups in total. The zero-order valence-corrected chi connectivity index (χ0v) is 10.6. The molecule has 0 bridgehead atoms. The number of aryl methyl sites for hydroxylation is 1. The van der Waals surface area contributed by atoms with Gasteiger partial charge in [-0.25, -0.2) is 9.78 Å². The second kappa shape index (κ2) is 4.25.